The Hall–Kier alpha value is -3.32. The highest BCUT2D eigenvalue weighted by atomic mass is 15.1. The highest BCUT2D eigenvalue weighted by Gasteiger charge is 2.19. The molecule has 1 aliphatic heterocycles. The number of fused-ring (bicyclic) bond motifs is 6. The largest absolute Gasteiger partial charge is 0.364 e. The van der Waals surface area contributed by atoms with Crippen LogP contribution < -0.4 is 0 Å². The molecule has 2 aliphatic rings. The van der Waals surface area contributed by atoms with E-state index >= 15 is 0 Å². The van der Waals surface area contributed by atoms with E-state index in [1.165, 1.54) is 49.4 Å². The van der Waals surface area contributed by atoms with E-state index in [9.17, 15) is 0 Å². The maximum Gasteiger partial charge on any atom is 0.0789 e. The van der Waals surface area contributed by atoms with Crippen LogP contribution in [-0.2, 0) is 13.0 Å². The van der Waals surface area contributed by atoms with Crippen LogP contribution >= 0.6 is 0 Å². The lowest BCUT2D eigenvalue weighted by Gasteiger charge is -2.28. The predicted octanol–water partition coefficient (Wildman–Crippen LogP) is 6.97. The van der Waals surface area contributed by atoms with Crippen molar-refractivity contribution < 1.29 is 0 Å². The molecule has 1 radical (unpaired) electrons. The molecule has 4 aromatic rings. The first kappa shape index (κ1) is 16.6. The van der Waals surface area contributed by atoms with Crippen LogP contribution in [0.25, 0.3) is 33.2 Å². The van der Waals surface area contributed by atoms with Gasteiger partial charge in [0.2, 0.25) is 0 Å². The van der Waals surface area contributed by atoms with Gasteiger partial charge in [0.25, 0.3) is 0 Å². The second kappa shape index (κ2) is 6.63. The first-order valence-electron chi connectivity index (χ1n) is 10.4. The number of rotatable bonds is 2. The quantitative estimate of drug-likeness (QED) is 0.343. The minimum atomic E-state index is 0.928. The molecule has 0 spiro atoms. The second-order valence-electron chi connectivity index (χ2n) is 7.99. The van der Waals surface area contributed by atoms with Gasteiger partial charge >= 0.3 is 0 Å². The maximum atomic E-state index is 2.39. The van der Waals surface area contributed by atoms with Gasteiger partial charge in [-0.2, -0.15) is 0 Å². The van der Waals surface area contributed by atoms with Crippen molar-refractivity contribution in [1.29, 1.82) is 0 Å². The summed E-state index contributed by atoms with van der Waals surface area (Å²) < 4.78 is 0. The smallest absolute Gasteiger partial charge is 0.0789 e. The van der Waals surface area contributed by atoms with Gasteiger partial charge in [-0.05, 0) is 68.3 Å². The van der Waals surface area contributed by atoms with Crippen molar-refractivity contribution in [2.45, 2.75) is 19.4 Å². The first-order valence-corrected chi connectivity index (χ1v) is 10.4. The second-order valence-corrected chi connectivity index (χ2v) is 7.99. The Morgan fingerprint density at radius 2 is 1.62 bits per heavy atom. The van der Waals surface area contributed by atoms with Gasteiger partial charge in [0.1, 0.15) is 0 Å². The van der Waals surface area contributed by atoms with Crippen molar-refractivity contribution in [3.05, 3.63) is 114 Å². The molecule has 0 unspecified atom stereocenters. The predicted molar refractivity (Wildman–Crippen MR) is 123 cm³/mol. The summed E-state index contributed by atoms with van der Waals surface area (Å²) in [6.07, 6.45) is 9.02. The molecule has 0 amide bonds. The van der Waals surface area contributed by atoms with Crippen LogP contribution in [0.4, 0.5) is 0 Å². The number of hydrogen-bond acceptors (Lipinski definition) is 1. The van der Waals surface area contributed by atoms with Gasteiger partial charge in [-0.3, -0.25) is 0 Å². The van der Waals surface area contributed by atoms with Gasteiger partial charge in [0.05, 0.1) is 6.54 Å². The fraction of sp³-hybridized carbons (Fsp3) is 0.107. The summed E-state index contributed by atoms with van der Waals surface area (Å²) in [6.45, 7) is 3.24. The Kier molecular flexibility index (Phi) is 3.80. The summed E-state index contributed by atoms with van der Waals surface area (Å²) in [5.41, 5.74) is 6.92. The Balaban J connectivity index is 1.38. The molecule has 0 fully saturated rings. The van der Waals surface area contributed by atoms with Gasteiger partial charge in [-0.1, -0.05) is 78.9 Å². The van der Waals surface area contributed by atoms with Gasteiger partial charge in [0.15, 0.2) is 0 Å². The zero-order valence-corrected chi connectivity index (χ0v) is 16.3. The lowest BCUT2D eigenvalue weighted by molar-refractivity contribution is 0.465. The van der Waals surface area contributed by atoms with E-state index in [-0.39, 0.29) is 0 Å². The molecule has 0 saturated heterocycles. The minimum absolute atomic E-state index is 0.928. The number of aryl methyl sites for hydroxylation is 1. The van der Waals surface area contributed by atoms with Crippen LogP contribution in [-0.4, -0.2) is 4.90 Å². The number of allylic oxidation sites excluding steroid dienone is 1. The van der Waals surface area contributed by atoms with Gasteiger partial charge in [-0.25, -0.2) is 0 Å². The topological polar surface area (TPSA) is 3.24 Å². The minimum Gasteiger partial charge on any atom is -0.364 e. The molecule has 0 N–H and O–H groups in total. The van der Waals surface area contributed by atoms with Crippen molar-refractivity contribution >= 4 is 33.2 Å². The third kappa shape index (κ3) is 2.77. The third-order valence-corrected chi connectivity index (χ3v) is 6.27. The molecule has 0 saturated carbocycles. The van der Waals surface area contributed by atoms with Crippen LogP contribution in [0.3, 0.4) is 0 Å². The van der Waals surface area contributed by atoms with E-state index in [1.807, 2.05) is 0 Å². The first-order chi connectivity index (χ1) is 14.4. The van der Waals surface area contributed by atoms with Crippen LogP contribution in [0.1, 0.15) is 28.7 Å². The molecule has 6 rings (SSSR count). The van der Waals surface area contributed by atoms with Crippen molar-refractivity contribution in [3.8, 4) is 0 Å². The van der Waals surface area contributed by atoms with Gasteiger partial charge in [-0.15, -0.1) is 0 Å². The van der Waals surface area contributed by atoms with Crippen LogP contribution in [0.5, 0.6) is 0 Å². The van der Waals surface area contributed by atoms with E-state index in [0.717, 1.165) is 19.4 Å². The Morgan fingerprint density at radius 1 is 0.759 bits per heavy atom. The lowest BCUT2D eigenvalue weighted by atomic mass is 9.85. The fourth-order valence-corrected chi connectivity index (χ4v) is 4.83. The van der Waals surface area contributed by atoms with Crippen molar-refractivity contribution in [3.63, 3.8) is 0 Å². The summed E-state index contributed by atoms with van der Waals surface area (Å²) in [4.78, 5) is 2.31. The van der Waals surface area contributed by atoms with E-state index in [2.05, 4.69) is 103 Å². The molecule has 29 heavy (non-hydrogen) atoms. The number of benzene rings is 4. The zero-order valence-electron chi connectivity index (χ0n) is 16.3. The van der Waals surface area contributed by atoms with E-state index in [4.69, 9.17) is 0 Å². The molecule has 139 valence electrons. The van der Waals surface area contributed by atoms with Crippen molar-refractivity contribution in [1.82, 2.24) is 4.90 Å². The average molecular weight is 372 g/mol. The molecular weight excluding hydrogens is 350 g/mol. The Bertz CT molecular complexity index is 1310. The molecule has 0 atom stereocenters. The molecule has 0 bridgehead atoms. The van der Waals surface area contributed by atoms with Gasteiger partial charge < -0.3 is 4.90 Å². The lowest BCUT2D eigenvalue weighted by Crippen LogP contribution is -2.19. The molecule has 1 heteroatoms. The SMILES string of the molecule is [CH](C1=CCCc2c1ccc1c2ccc2ccccc21)N1C=Cc2ccccc2C1. The third-order valence-electron chi connectivity index (χ3n) is 6.27. The molecule has 1 aliphatic carbocycles. The molecule has 0 aromatic heterocycles. The van der Waals surface area contributed by atoms with E-state index < -0.39 is 0 Å². The summed E-state index contributed by atoms with van der Waals surface area (Å²) in [5, 5.41) is 5.44. The van der Waals surface area contributed by atoms with Gasteiger partial charge in [0, 0.05) is 12.7 Å². The monoisotopic (exact) mass is 372 g/mol. The Labute approximate surface area is 171 Å². The van der Waals surface area contributed by atoms with E-state index in [0.29, 0.717) is 0 Å². The zero-order chi connectivity index (χ0) is 19.2. The van der Waals surface area contributed by atoms with Crippen LogP contribution in [0, 0.1) is 6.54 Å². The summed E-state index contributed by atoms with van der Waals surface area (Å²) in [7, 11) is 0. The molecule has 4 aromatic carbocycles. The standard InChI is InChI=1S/C28H22N/c1-2-8-22-18-29(17-16-20(22)6-1)19-23-9-5-11-26-25(23)14-15-27-24-10-4-3-7-21(24)12-13-28(26)27/h1-4,6-10,12-17,19H,5,11,18H2. The number of hydrogen-bond donors (Lipinski definition) is 0. The van der Waals surface area contributed by atoms with Crippen LogP contribution in [0.2, 0.25) is 0 Å². The normalized spacial score (nSPS) is 15.3. The Morgan fingerprint density at radius 3 is 2.62 bits per heavy atom. The fourth-order valence-electron chi connectivity index (χ4n) is 4.83. The number of nitrogens with zero attached hydrogens (tertiary/aromatic N) is 1. The average Bonchev–Trinajstić information content (AvgIpc) is 2.79. The summed E-state index contributed by atoms with van der Waals surface area (Å²) in [5.74, 6) is 0. The van der Waals surface area contributed by atoms with Crippen molar-refractivity contribution in [2.24, 2.45) is 0 Å². The summed E-state index contributed by atoms with van der Waals surface area (Å²) in [6, 6.07) is 26.6. The van der Waals surface area contributed by atoms with Crippen LogP contribution in [0.15, 0.2) is 85.1 Å². The molecular formula is C28H22N. The summed E-state index contributed by atoms with van der Waals surface area (Å²) >= 11 is 0. The molecule has 1 heterocycles. The van der Waals surface area contributed by atoms with E-state index in [1.54, 1.807) is 0 Å². The molecule has 1 nitrogen and oxygen atoms in total. The highest BCUT2D eigenvalue weighted by molar-refractivity contribution is 6.09. The highest BCUT2D eigenvalue weighted by Crippen LogP contribution is 2.37. The van der Waals surface area contributed by atoms with Crippen molar-refractivity contribution in [2.75, 3.05) is 0 Å². The maximum absolute atomic E-state index is 2.39.